The first-order valence-corrected chi connectivity index (χ1v) is 7.61. The highest BCUT2D eigenvalue weighted by molar-refractivity contribution is 7.92. The molecule has 0 spiro atoms. The molecular weight excluding hydrogens is 319 g/mol. The molecule has 0 aromatic heterocycles. The van der Waals surface area contributed by atoms with Crippen molar-refractivity contribution in [2.24, 2.45) is 0 Å². The van der Waals surface area contributed by atoms with Crippen LogP contribution >= 0.6 is 0 Å². The van der Waals surface area contributed by atoms with Gasteiger partial charge in [0, 0.05) is 5.56 Å². The lowest BCUT2D eigenvalue weighted by Gasteiger charge is -2.13. The van der Waals surface area contributed by atoms with E-state index in [4.69, 9.17) is 5.11 Å². The number of aryl methyl sites for hydroxylation is 1. The van der Waals surface area contributed by atoms with Crippen molar-refractivity contribution in [1.29, 1.82) is 0 Å². The van der Waals surface area contributed by atoms with Crippen LogP contribution in [0.4, 0.5) is 18.9 Å². The molecular formula is C14H12F3NO3S. The van der Waals surface area contributed by atoms with E-state index in [9.17, 15) is 21.6 Å². The molecule has 8 heteroatoms. The summed E-state index contributed by atoms with van der Waals surface area (Å²) < 4.78 is 67.1. The molecule has 0 aliphatic rings. The van der Waals surface area contributed by atoms with E-state index in [1.54, 1.807) is 0 Å². The number of benzene rings is 2. The van der Waals surface area contributed by atoms with E-state index < -0.39 is 44.7 Å². The van der Waals surface area contributed by atoms with Crippen LogP contribution in [0.5, 0.6) is 0 Å². The standard InChI is InChI=1S/C14H12F3NO3S/c1-8-5-12(17)13(6-11(8)16)22(20,21)18-14-9(7-19)3-2-4-10(14)15/h2-6,18-19H,7H2,1H3. The largest absolute Gasteiger partial charge is 0.392 e. The molecule has 0 amide bonds. The SMILES string of the molecule is Cc1cc(F)c(S(=O)(=O)Nc2c(F)cccc2CO)cc1F. The molecule has 0 fully saturated rings. The number of para-hydroxylation sites is 1. The normalized spacial score (nSPS) is 11.5. The van der Waals surface area contributed by atoms with Crippen LogP contribution in [0.1, 0.15) is 11.1 Å². The Morgan fingerprint density at radius 3 is 2.41 bits per heavy atom. The number of hydrogen-bond donors (Lipinski definition) is 2. The number of halogens is 3. The van der Waals surface area contributed by atoms with E-state index in [2.05, 4.69) is 0 Å². The molecule has 0 aliphatic carbocycles. The fourth-order valence-electron chi connectivity index (χ4n) is 1.84. The Hall–Kier alpha value is -2.06. The molecule has 118 valence electrons. The summed E-state index contributed by atoms with van der Waals surface area (Å²) in [5, 5.41) is 9.11. The van der Waals surface area contributed by atoms with E-state index in [0.29, 0.717) is 6.07 Å². The van der Waals surface area contributed by atoms with Gasteiger partial charge >= 0.3 is 0 Å². The summed E-state index contributed by atoms with van der Waals surface area (Å²) in [5.41, 5.74) is -0.597. The minimum Gasteiger partial charge on any atom is -0.392 e. The van der Waals surface area contributed by atoms with E-state index in [1.165, 1.54) is 19.1 Å². The molecule has 0 saturated heterocycles. The maximum Gasteiger partial charge on any atom is 0.265 e. The number of nitrogens with one attached hydrogen (secondary N) is 1. The van der Waals surface area contributed by atoms with Crippen molar-refractivity contribution in [3.63, 3.8) is 0 Å². The van der Waals surface area contributed by atoms with Crippen LogP contribution in [0.25, 0.3) is 0 Å². The highest BCUT2D eigenvalue weighted by Crippen LogP contribution is 2.26. The third-order valence-corrected chi connectivity index (χ3v) is 4.37. The third kappa shape index (κ3) is 3.07. The first kappa shape index (κ1) is 16.3. The quantitative estimate of drug-likeness (QED) is 0.905. The lowest BCUT2D eigenvalue weighted by atomic mass is 10.2. The van der Waals surface area contributed by atoms with Crippen molar-refractivity contribution in [3.8, 4) is 0 Å². The van der Waals surface area contributed by atoms with E-state index in [1.807, 2.05) is 4.72 Å². The lowest BCUT2D eigenvalue weighted by molar-refractivity contribution is 0.282. The fraction of sp³-hybridized carbons (Fsp3) is 0.143. The van der Waals surface area contributed by atoms with Gasteiger partial charge in [-0.3, -0.25) is 4.72 Å². The maximum atomic E-state index is 13.8. The van der Waals surface area contributed by atoms with Gasteiger partial charge in [0.15, 0.2) is 0 Å². The van der Waals surface area contributed by atoms with Crippen molar-refractivity contribution in [3.05, 3.63) is 58.9 Å². The van der Waals surface area contributed by atoms with Gasteiger partial charge in [0.2, 0.25) is 0 Å². The van der Waals surface area contributed by atoms with Gasteiger partial charge in [-0.2, -0.15) is 0 Å². The molecule has 0 aliphatic heterocycles. The van der Waals surface area contributed by atoms with Gasteiger partial charge in [0.05, 0.1) is 12.3 Å². The molecule has 0 atom stereocenters. The van der Waals surface area contributed by atoms with Gasteiger partial charge < -0.3 is 5.11 Å². The smallest absolute Gasteiger partial charge is 0.265 e. The molecule has 2 rings (SSSR count). The predicted molar refractivity (Wildman–Crippen MR) is 74.2 cm³/mol. The zero-order valence-electron chi connectivity index (χ0n) is 11.4. The Kier molecular flexibility index (Phi) is 4.43. The topological polar surface area (TPSA) is 66.4 Å². The molecule has 0 unspecified atom stereocenters. The molecule has 2 N–H and O–H groups in total. The second kappa shape index (κ2) is 5.98. The number of aliphatic hydroxyl groups excluding tert-OH is 1. The van der Waals surface area contributed by atoms with Gasteiger partial charge in [-0.1, -0.05) is 12.1 Å². The highest BCUT2D eigenvalue weighted by Gasteiger charge is 2.23. The van der Waals surface area contributed by atoms with Crippen molar-refractivity contribution in [2.45, 2.75) is 18.4 Å². The summed E-state index contributed by atoms with van der Waals surface area (Å²) in [6, 6.07) is 4.81. The number of anilines is 1. The van der Waals surface area contributed by atoms with Gasteiger partial charge in [0.1, 0.15) is 22.3 Å². The number of hydrogen-bond acceptors (Lipinski definition) is 3. The monoisotopic (exact) mass is 331 g/mol. The van der Waals surface area contributed by atoms with Crippen LogP contribution in [-0.4, -0.2) is 13.5 Å². The molecule has 0 radical (unpaired) electrons. The molecule has 2 aromatic rings. The van der Waals surface area contributed by atoms with Crippen LogP contribution in [0.2, 0.25) is 0 Å². The Morgan fingerprint density at radius 1 is 1.09 bits per heavy atom. The highest BCUT2D eigenvalue weighted by atomic mass is 32.2. The number of aliphatic hydroxyl groups is 1. The second-order valence-electron chi connectivity index (χ2n) is 4.57. The summed E-state index contributed by atoms with van der Waals surface area (Å²) >= 11 is 0. The number of rotatable bonds is 4. The minimum atomic E-state index is -4.55. The van der Waals surface area contributed by atoms with Gasteiger partial charge in [-0.25, -0.2) is 21.6 Å². The first-order chi connectivity index (χ1) is 10.3. The molecule has 0 bridgehead atoms. The first-order valence-electron chi connectivity index (χ1n) is 6.13. The summed E-state index contributed by atoms with van der Waals surface area (Å²) in [6.45, 7) is 0.656. The fourth-order valence-corrected chi connectivity index (χ4v) is 3.02. The van der Waals surface area contributed by atoms with Crippen LogP contribution in [0.3, 0.4) is 0 Å². The molecule has 2 aromatic carbocycles. The Balaban J connectivity index is 2.52. The lowest BCUT2D eigenvalue weighted by Crippen LogP contribution is -2.17. The molecule has 4 nitrogen and oxygen atoms in total. The van der Waals surface area contributed by atoms with Gasteiger partial charge in [0.25, 0.3) is 10.0 Å². The summed E-state index contributed by atoms with van der Waals surface area (Å²) in [5.74, 6) is -3.01. The zero-order valence-corrected chi connectivity index (χ0v) is 12.2. The third-order valence-electron chi connectivity index (χ3n) is 3.01. The van der Waals surface area contributed by atoms with E-state index in [0.717, 1.165) is 12.1 Å². The van der Waals surface area contributed by atoms with Crippen molar-refractivity contribution >= 4 is 15.7 Å². The van der Waals surface area contributed by atoms with Crippen LogP contribution in [0.15, 0.2) is 35.2 Å². The Bertz CT molecular complexity index is 822. The maximum absolute atomic E-state index is 13.8. The molecule has 0 heterocycles. The Morgan fingerprint density at radius 2 is 1.77 bits per heavy atom. The number of sulfonamides is 1. The van der Waals surface area contributed by atoms with Gasteiger partial charge in [-0.05, 0) is 30.7 Å². The summed E-state index contributed by atoms with van der Waals surface area (Å²) in [4.78, 5) is -0.942. The van der Waals surface area contributed by atoms with E-state index in [-0.39, 0.29) is 11.1 Å². The minimum absolute atomic E-state index is 0.0310. The zero-order chi connectivity index (χ0) is 16.5. The van der Waals surface area contributed by atoms with Crippen LogP contribution in [0, 0.1) is 24.4 Å². The average Bonchev–Trinajstić information content (AvgIpc) is 2.44. The summed E-state index contributed by atoms with van der Waals surface area (Å²) in [7, 11) is -4.55. The van der Waals surface area contributed by atoms with Crippen molar-refractivity contribution < 1.29 is 26.7 Å². The molecule has 22 heavy (non-hydrogen) atoms. The second-order valence-corrected chi connectivity index (χ2v) is 6.22. The summed E-state index contributed by atoms with van der Waals surface area (Å²) in [6.07, 6.45) is 0. The predicted octanol–water partition coefficient (Wildman–Crippen LogP) is 2.71. The van der Waals surface area contributed by atoms with Crippen molar-refractivity contribution in [2.75, 3.05) is 4.72 Å². The van der Waals surface area contributed by atoms with Crippen LogP contribution < -0.4 is 4.72 Å². The average molecular weight is 331 g/mol. The van der Waals surface area contributed by atoms with Gasteiger partial charge in [-0.15, -0.1) is 0 Å². The van der Waals surface area contributed by atoms with E-state index >= 15 is 0 Å². The molecule has 0 saturated carbocycles. The van der Waals surface area contributed by atoms with Crippen LogP contribution in [-0.2, 0) is 16.6 Å². The Labute approximate surface area is 125 Å². The van der Waals surface area contributed by atoms with Crippen molar-refractivity contribution in [1.82, 2.24) is 0 Å².